The molecule has 1 fully saturated rings. The van der Waals surface area contributed by atoms with Gasteiger partial charge in [0.2, 0.25) is 0 Å². The summed E-state index contributed by atoms with van der Waals surface area (Å²) in [6.45, 7) is 13.3. The molecule has 2 nitrogen and oxygen atoms in total. The second kappa shape index (κ2) is 5.31. The van der Waals surface area contributed by atoms with Crippen molar-refractivity contribution in [1.82, 2.24) is 4.90 Å². The molecule has 0 aromatic heterocycles. The monoisotopic (exact) mass is 247 g/mol. The van der Waals surface area contributed by atoms with Gasteiger partial charge in [-0.2, -0.15) is 0 Å². The van der Waals surface area contributed by atoms with Gasteiger partial charge < -0.3 is 4.74 Å². The first-order chi connectivity index (χ1) is 8.45. The molecule has 1 saturated heterocycles. The number of likely N-dealkylation sites (tertiary alicyclic amines) is 1. The van der Waals surface area contributed by atoms with E-state index in [0.29, 0.717) is 0 Å². The van der Waals surface area contributed by atoms with E-state index < -0.39 is 0 Å². The highest BCUT2D eigenvalue weighted by molar-refractivity contribution is 5.31. The van der Waals surface area contributed by atoms with Crippen LogP contribution in [0.1, 0.15) is 33.3 Å². The average Bonchev–Trinajstić information content (AvgIpc) is 2.26. The van der Waals surface area contributed by atoms with Crippen LogP contribution in [0.4, 0.5) is 0 Å². The highest BCUT2D eigenvalue weighted by Crippen LogP contribution is 2.24. The van der Waals surface area contributed by atoms with E-state index in [1.165, 1.54) is 18.7 Å². The summed E-state index contributed by atoms with van der Waals surface area (Å²) < 4.78 is 5.77. The molecule has 1 aliphatic heterocycles. The Bertz CT molecular complexity index is 371. The van der Waals surface area contributed by atoms with Gasteiger partial charge in [0.1, 0.15) is 12.4 Å². The SMILES string of the molecule is CC1CN(CCOc2ccc(C(C)(C)C)cc2)C1. The molecule has 1 aliphatic rings. The minimum atomic E-state index is 0.215. The first-order valence-corrected chi connectivity index (χ1v) is 6.91. The van der Waals surface area contributed by atoms with E-state index in [1.54, 1.807) is 0 Å². The van der Waals surface area contributed by atoms with Gasteiger partial charge in [0.05, 0.1) is 0 Å². The van der Waals surface area contributed by atoms with Crippen molar-refractivity contribution in [3.63, 3.8) is 0 Å². The second-order valence-electron chi connectivity index (χ2n) is 6.49. The smallest absolute Gasteiger partial charge is 0.119 e. The van der Waals surface area contributed by atoms with E-state index in [-0.39, 0.29) is 5.41 Å². The Balaban J connectivity index is 1.76. The molecule has 1 aromatic carbocycles. The Morgan fingerprint density at radius 3 is 2.28 bits per heavy atom. The van der Waals surface area contributed by atoms with Crippen molar-refractivity contribution in [1.29, 1.82) is 0 Å². The molecule has 1 heterocycles. The molecule has 0 spiro atoms. The first kappa shape index (κ1) is 13.4. The summed E-state index contributed by atoms with van der Waals surface area (Å²) in [5.74, 6) is 1.85. The molecule has 0 saturated carbocycles. The number of benzene rings is 1. The highest BCUT2D eigenvalue weighted by Gasteiger charge is 2.21. The van der Waals surface area contributed by atoms with Crippen LogP contribution in [-0.2, 0) is 5.41 Å². The van der Waals surface area contributed by atoms with E-state index in [1.807, 2.05) is 0 Å². The van der Waals surface area contributed by atoms with Crippen LogP contribution in [0.25, 0.3) is 0 Å². The fourth-order valence-corrected chi connectivity index (χ4v) is 2.35. The van der Waals surface area contributed by atoms with Crippen molar-refractivity contribution < 1.29 is 4.74 Å². The standard InChI is InChI=1S/C16H25NO/c1-13-11-17(12-13)9-10-18-15-7-5-14(6-8-15)16(2,3)4/h5-8,13H,9-12H2,1-4H3. The maximum atomic E-state index is 5.77. The van der Waals surface area contributed by atoms with Crippen molar-refractivity contribution in [2.45, 2.75) is 33.1 Å². The van der Waals surface area contributed by atoms with Crippen LogP contribution in [0, 0.1) is 5.92 Å². The zero-order chi connectivity index (χ0) is 13.2. The van der Waals surface area contributed by atoms with Crippen LogP contribution in [-0.4, -0.2) is 31.1 Å². The van der Waals surface area contributed by atoms with Gasteiger partial charge in [0.25, 0.3) is 0 Å². The fourth-order valence-electron chi connectivity index (χ4n) is 2.35. The average molecular weight is 247 g/mol. The Kier molecular flexibility index (Phi) is 3.96. The summed E-state index contributed by atoms with van der Waals surface area (Å²) in [5.41, 5.74) is 1.57. The zero-order valence-electron chi connectivity index (χ0n) is 12.1. The molecule has 0 aliphatic carbocycles. The van der Waals surface area contributed by atoms with Crippen molar-refractivity contribution >= 4 is 0 Å². The third kappa shape index (κ3) is 3.49. The molecule has 0 N–H and O–H groups in total. The lowest BCUT2D eigenvalue weighted by Gasteiger charge is -2.36. The van der Waals surface area contributed by atoms with Crippen molar-refractivity contribution in [3.05, 3.63) is 29.8 Å². The minimum Gasteiger partial charge on any atom is -0.492 e. The van der Waals surface area contributed by atoms with Gasteiger partial charge >= 0.3 is 0 Å². The van der Waals surface area contributed by atoms with Crippen molar-refractivity contribution in [2.75, 3.05) is 26.2 Å². The molecule has 0 unspecified atom stereocenters. The molecule has 0 atom stereocenters. The molecule has 0 bridgehead atoms. The Morgan fingerprint density at radius 1 is 1.17 bits per heavy atom. The molecule has 2 heteroatoms. The van der Waals surface area contributed by atoms with Crippen LogP contribution in [0.15, 0.2) is 24.3 Å². The van der Waals surface area contributed by atoms with Crippen molar-refractivity contribution in [3.8, 4) is 5.75 Å². The third-order valence-electron chi connectivity index (χ3n) is 3.54. The van der Waals surface area contributed by atoms with E-state index in [9.17, 15) is 0 Å². The Hall–Kier alpha value is -1.02. The topological polar surface area (TPSA) is 12.5 Å². The normalized spacial score (nSPS) is 17.6. The van der Waals surface area contributed by atoms with Crippen molar-refractivity contribution in [2.24, 2.45) is 5.92 Å². The van der Waals surface area contributed by atoms with Gasteiger partial charge in [-0.15, -0.1) is 0 Å². The van der Waals surface area contributed by atoms with Crippen LogP contribution in [0.2, 0.25) is 0 Å². The van der Waals surface area contributed by atoms with Crippen LogP contribution in [0.3, 0.4) is 0 Å². The van der Waals surface area contributed by atoms with Crippen LogP contribution >= 0.6 is 0 Å². The maximum absolute atomic E-state index is 5.77. The lowest BCUT2D eigenvalue weighted by Crippen LogP contribution is -2.46. The fraction of sp³-hybridized carbons (Fsp3) is 0.625. The molecule has 0 radical (unpaired) electrons. The van der Waals surface area contributed by atoms with E-state index in [0.717, 1.165) is 24.8 Å². The molecule has 0 amide bonds. The molecule has 2 rings (SSSR count). The maximum Gasteiger partial charge on any atom is 0.119 e. The summed E-state index contributed by atoms with van der Waals surface area (Å²) in [4.78, 5) is 2.44. The molecule has 1 aromatic rings. The summed E-state index contributed by atoms with van der Waals surface area (Å²) >= 11 is 0. The molecule has 18 heavy (non-hydrogen) atoms. The lowest BCUT2D eigenvalue weighted by atomic mass is 9.87. The summed E-state index contributed by atoms with van der Waals surface area (Å²) in [6.07, 6.45) is 0. The second-order valence-corrected chi connectivity index (χ2v) is 6.49. The summed E-state index contributed by atoms with van der Waals surface area (Å²) in [5, 5.41) is 0. The Labute approximate surface area is 111 Å². The van der Waals surface area contributed by atoms with Gasteiger partial charge in [0, 0.05) is 19.6 Å². The van der Waals surface area contributed by atoms with E-state index in [2.05, 4.69) is 56.9 Å². The van der Waals surface area contributed by atoms with Gasteiger partial charge in [-0.1, -0.05) is 39.8 Å². The van der Waals surface area contributed by atoms with Crippen LogP contribution < -0.4 is 4.74 Å². The van der Waals surface area contributed by atoms with Gasteiger partial charge in [-0.25, -0.2) is 0 Å². The number of hydrogen-bond acceptors (Lipinski definition) is 2. The molecule has 100 valence electrons. The first-order valence-electron chi connectivity index (χ1n) is 6.91. The van der Waals surface area contributed by atoms with Crippen LogP contribution in [0.5, 0.6) is 5.75 Å². The zero-order valence-corrected chi connectivity index (χ0v) is 12.1. The number of nitrogens with zero attached hydrogens (tertiary/aromatic N) is 1. The lowest BCUT2D eigenvalue weighted by molar-refractivity contribution is 0.0932. The number of rotatable bonds is 4. The summed E-state index contributed by atoms with van der Waals surface area (Å²) in [7, 11) is 0. The molecular formula is C16H25NO. The van der Waals surface area contributed by atoms with Gasteiger partial charge in [-0.3, -0.25) is 4.90 Å². The minimum absolute atomic E-state index is 0.215. The number of hydrogen-bond donors (Lipinski definition) is 0. The summed E-state index contributed by atoms with van der Waals surface area (Å²) in [6, 6.07) is 8.50. The number of ether oxygens (including phenoxy) is 1. The predicted octanol–water partition coefficient (Wildman–Crippen LogP) is 3.31. The van der Waals surface area contributed by atoms with Gasteiger partial charge in [0.15, 0.2) is 0 Å². The largest absolute Gasteiger partial charge is 0.492 e. The quantitative estimate of drug-likeness (QED) is 0.809. The Morgan fingerprint density at radius 2 is 1.78 bits per heavy atom. The van der Waals surface area contributed by atoms with E-state index in [4.69, 9.17) is 4.74 Å². The molecular weight excluding hydrogens is 222 g/mol. The predicted molar refractivity (Wildman–Crippen MR) is 76.2 cm³/mol. The highest BCUT2D eigenvalue weighted by atomic mass is 16.5. The van der Waals surface area contributed by atoms with Gasteiger partial charge in [-0.05, 0) is 29.0 Å². The third-order valence-corrected chi connectivity index (χ3v) is 3.54. The van der Waals surface area contributed by atoms with E-state index >= 15 is 0 Å².